The summed E-state index contributed by atoms with van der Waals surface area (Å²) in [5.74, 6) is 0.456. The van der Waals surface area contributed by atoms with E-state index in [4.69, 9.17) is 9.15 Å². The first-order chi connectivity index (χ1) is 14.7. The number of aliphatic carboxylic acids is 1. The molecule has 0 bridgehead atoms. The number of carbonyl (C=O) groups is 1. The minimum atomic E-state index is -0.903. The summed E-state index contributed by atoms with van der Waals surface area (Å²) >= 11 is 0. The molecule has 0 aliphatic heterocycles. The van der Waals surface area contributed by atoms with Gasteiger partial charge in [0.1, 0.15) is 17.1 Å². The summed E-state index contributed by atoms with van der Waals surface area (Å²) in [6.45, 7) is 2.22. The Morgan fingerprint density at radius 2 is 1.60 bits per heavy atom. The summed E-state index contributed by atoms with van der Waals surface area (Å²) in [5, 5.41) is 10.6. The third kappa shape index (κ3) is 6.38. The number of fused-ring (bicyclic) bond motifs is 1. The van der Waals surface area contributed by atoms with Crippen LogP contribution >= 0.6 is 0 Å². The van der Waals surface area contributed by atoms with Crippen LogP contribution in [0.15, 0.2) is 59.0 Å². The standard InChI is InChI=1S/C26H32O4/c1-2-3-4-5-6-7-8-9-14-24(26(27)28)29-22-17-15-20(16-18-22)25-19-21-12-10-11-13-23(21)30-25/h10-13,15-19,24H,2-9,14H2,1H3,(H,27,28). The molecule has 1 atom stereocenters. The van der Waals surface area contributed by atoms with Gasteiger partial charge in [0.15, 0.2) is 6.10 Å². The quantitative estimate of drug-likeness (QED) is 0.298. The van der Waals surface area contributed by atoms with Crippen molar-refractivity contribution in [3.05, 3.63) is 54.6 Å². The summed E-state index contributed by atoms with van der Waals surface area (Å²) in [5.41, 5.74) is 1.79. The molecule has 1 unspecified atom stereocenters. The van der Waals surface area contributed by atoms with Crippen LogP contribution in [-0.4, -0.2) is 17.2 Å². The molecule has 4 heteroatoms. The van der Waals surface area contributed by atoms with E-state index >= 15 is 0 Å². The number of furan rings is 1. The molecule has 3 rings (SSSR count). The van der Waals surface area contributed by atoms with Gasteiger partial charge in [-0.25, -0.2) is 4.79 Å². The van der Waals surface area contributed by atoms with E-state index in [1.807, 2.05) is 54.6 Å². The van der Waals surface area contributed by atoms with Crippen LogP contribution in [0.1, 0.15) is 64.7 Å². The number of unbranched alkanes of at least 4 members (excludes halogenated alkanes) is 7. The fourth-order valence-corrected chi connectivity index (χ4v) is 3.68. The Balaban J connectivity index is 1.49. The van der Waals surface area contributed by atoms with E-state index in [2.05, 4.69) is 6.92 Å². The molecule has 1 N–H and O–H groups in total. The first-order valence-electron chi connectivity index (χ1n) is 11.2. The maximum Gasteiger partial charge on any atom is 0.344 e. The Hall–Kier alpha value is -2.75. The predicted octanol–water partition coefficient (Wildman–Crippen LogP) is 7.46. The molecule has 160 valence electrons. The fraction of sp³-hybridized carbons (Fsp3) is 0.423. The lowest BCUT2D eigenvalue weighted by molar-refractivity contribution is -0.145. The molecule has 0 aliphatic carbocycles. The van der Waals surface area contributed by atoms with E-state index in [0.717, 1.165) is 35.1 Å². The Kier molecular flexibility index (Phi) is 8.37. The fourth-order valence-electron chi connectivity index (χ4n) is 3.68. The summed E-state index contributed by atoms with van der Waals surface area (Å²) in [6.07, 6.45) is 9.24. The molecule has 4 nitrogen and oxygen atoms in total. The average Bonchev–Trinajstić information content (AvgIpc) is 3.19. The van der Waals surface area contributed by atoms with Gasteiger partial charge in [0.25, 0.3) is 0 Å². The van der Waals surface area contributed by atoms with Crippen LogP contribution in [-0.2, 0) is 4.79 Å². The van der Waals surface area contributed by atoms with Crippen LogP contribution in [0.25, 0.3) is 22.3 Å². The molecule has 0 saturated carbocycles. The third-order valence-corrected chi connectivity index (χ3v) is 5.44. The average molecular weight is 409 g/mol. The van der Waals surface area contributed by atoms with Crippen molar-refractivity contribution in [2.45, 2.75) is 70.8 Å². The Morgan fingerprint density at radius 1 is 0.933 bits per heavy atom. The zero-order valence-corrected chi connectivity index (χ0v) is 17.8. The van der Waals surface area contributed by atoms with Gasteiger partial charge in [-0.05, 0) is 49.2 Å². The minimum absolute atomic E-state index is 0.537. The SMILES string of the molecule is CCCCCCCCCCC(Oc1ccc(-c2cc3ccccc3o2)cc1)C(=O)O. The van der Waals surface area contributed by atoms with Gasteiger partial charge in [-0.15, -0.1) is 0 Å². The van der Waals surface area contributed by atoms with E-state index in [1.165, 1.54) is 38.5 Å². The first-order valence-corrected chi connectivity index (χ1v) is 11.2. The molecule has 0 aliphatic rings. The minimum Gasteiger partial charge on any atom is -0.479 e. The van der Waals surface area contributed by atoms with E-state index in [9.17, 15) is 9.90 Å². The maximum atomic E-state index is 11.6. The van der Waals surface area contributed by atoms with Crippen molar-refractivity contribution >= 4 is 16.9 Å². The van der Waals surface area contributed by atoms with Crippen LogP contribution < -0.4 is 4.74 Å². The largest absolute Gasteiger partial charge is 0.479 e. The number of carboxylic acids is 1. The molecule has 0 saturated heterocycles. The zero-order valence-electron chi connectivity index (χ0n) is 17.8. The number of hydrogen-bond donors (Lipinski definition) is 1. The van der Waals surface area contributed by atoms with Crippen molar-refractivity contribution in [1.29, 1.82) is 0 Å². The summed E-state index contributed by atoms with van der Waals surface area (Å²) < 4.78 is 11.6. The molecule has 3 aromatic rings. The van der Waals surface area contributed by atoms with Crippen molar-refractivity contribution in [1.82, 2.24) is 0 Å². The molecule has 0 spiro atoms. The highest BCUT2D eigenvalue weighted by Gasteiger charge is 2.19. The van der Waals surface area contributed by atoms with Gasteiger partial charge in [0, 0.05) is 10.9 Å². The lowest BCUT2D eigenvalue weighted by Crippen LogP contribution is -2.26. The van der Waals surface area contributed by atoms with E-state index in [-0.39, 0.29) is 0 Å². The maximum absolute atomic E-state index is 11.6. The van der Waals surface area contributed by atoms with Gasteiger partial charge in [-0.2, -0.15) is 0 Å². The second-order valence-electron chi connectivity index (χ2n) is 7.88. The molecular formula is C26H32O4. The second-order valence-corrected chi connectivity index (χ2v) is 7.88. The molecule has 0 amide bonds. The molecule has 0 fully saturated rings. The van der Waals surface area contributed by atoms with Crippen molar-refractivity contribution in [3.8, 4) is 17.1 Å². The van der Waals surface area contributed by atoms with Crippen molar-refractivity contribution in [3.63, 3.8) is 0 Å². The monoisotopic (exact) mass is 408 g/mol. The number of rotatable bonds is 13. The highest BCUT2D eigenvalue weighted by molar-refractivity contribution is 5.82. The zero-order chi connectivity index (χ0) is 21.2. The van der Waals surface area contributed by atoms with Gasteiger partial charge in [0.05, 0.1) is 0 Å². The Labute approximate surface area is 178 Å². The molecular weight excluding hydrogens is 376 g/mol. The van der Waals surface area contributed by atoms with Crippen molar-refractivity contribution < 1.29 is 19.1 Å². The first kappa shape index (κ1) is 21.9. The highest BCUT2D eigenvalue weighted by atomic mass is 16.5. The van der Waals surface area contributed by atoms with Gasteiger partial charge in [-0.3, -0.25) is 0 Å². The summed E-state index contributed by atoms with van der Waals surface area (Å²) in [6, 6.07) is 17.3. The summed E-state index contributed by atoms with van der Waals surface area (Å²) in [4.78, 5) is 11.6. The highest BCUT2D eigenvalue weighted by Crippen LogP contribution is 2.29. The van der Waals surface area contributed by atoms with Crippen LogP contribution in [0.5, 0.6) is 5.75 Å². The Bertz CT molecular complexity index is 877. The number of carboxylic acid groups (broad SMARTS) is 1. The molecule has 1 aromatic heterocycles. The molecule has 2 aromatic carbocycles. The lowest BCUT2D eigenvalue weighted by Gasteiger charge is -2.15. The second kappa shape index (κ2) is 11.4. The van der Waals surface area contributed by atoms with Gasteiger partial charge < -0.3 is 14.3 Å². The lowest BCUT2D eigenvalue weighted by atomic mass is 10.1. The number of hydrogen-bond acceptors (Lipinski definition) is 3. The van der Waals surface area contributed by atoms with Gasteiger partial charge in [0.2, 0.25) is 0 Å². The van der Waals surface area contributed by atoms with Crippen molar-refractivity contribution in [2.24, 2.45) is 0 Å². The van der Waals surface area contributed by atoms with Crippen LogP contribution in [0.3, 0.4) is 0 Å². The Morgan fingerprint density at radius 3 is 2.27 bits per heavy atom. The van der Waals surface area contributed by atoms with Gasteiger partial charge in [-0.1, -0.05) is 70.1 Å². The third-order valence-electron chi connectivity index (χ3n) is 5.44. The number of para-hydroxylation sites is 1. The number of ether oxygens (including phenoxy) is 1. The van der Waals surface area contributed by atoms with E-state index in [1.54, 1.807) is 0 Å². The topological polar surface area (TPSA) is 59.7 Å². The van der Waals surface area contributed by atoms with Crippen LogP contribution in [0.4, 0.5) is 0 Å². The van der Waals surface area contributed by atoms with E-state index < -0.39 is 12.1 Å². The molecule has 1 heterocycles. The normalized spacial score (nSPS) is 12.2. The van der Waals surface area contributed by atoms with Gasteiger partial charge >= 0.3 is 5.97 Å². The number of benzene rings is 2. The van der Waals surface area contributed by atoms with Crippen molar-refractivity contribution in [2.75, 3.05) is 0 Å². The predicted molar refractivity (Wildman–Crippen MR) is 121 cm³/mol. The molecule has 0 radical (unpaired) electrons. The van der Waals surface area contributed by atoms with Crippen LogP contribution in [0, 0.1) is 0 Å². The smallest absolute Gasteiger partial charge is 0.344 e. The van der Waals surface area contributed by atoms with E-state index in [0.29, 0.717) is 12.2 Å². The molecule has 30 heavy (non-hydrogen) atoms. The summed E-state index contributed by atoms with van der Waals surface area (Å²) in [7, 11) is 0. The van der Waals surface area contributed by atoms with Crippen LogP contribution in [0.2, 0.25) is 0 Å².